The van der Waals surface area contributed by atoms with Crippen LogP contribution in [-0.4, -0.2) is 41.3 Å². The average Bonchev–Trinajstić information content (AvgIpc) is 3.45. The van der Waals surface area contributed by atoms with Crippen molar-refractivity contribution < 1.29 is 19.1 Å². The Balaban J connectivity index is 1.54. The lowest BCUT2D eigenvalue weighted by Gasteiger charge is -2.22. The number of carbonyl (C=O) groups excluding carboxylic acids is 2. The van der Waals surface area contributed by atoms with Crippen LogP contribution in [0.4, 0.5) is 0 Å². The molecule has 2 heterocycles. The third-order valence-electron chi connectivity index (χ3n) is 4.92. The zero-order valence-electron chi connectivity index (χ0n) is 17.1. The molecular formula is C23H21N3O4S. The zero-order chi connectivity index (χ0) is 21.8. The number of benzene rings is 2. The van der Waals surface area contributed by atoms with E-state index >= 15 is 0 Å². The summed E-state index contributed by atoms with van der Waals surface area (Å²) in [6.07, 6.45) is 2.01. The molecule has 0 saturated heterocycles. The summed E-state index contributed by atoms with van der Waals surface area (Å²) in [6.45, 7) is 1.41. The number of hydrogen-bond acceptors (Lipinski definition) is 7. The zero-order valence-corrected chi connectivity index (χ0v) is 18.0. The van der Waals surface area contributed by atoms with Crippen LogP contribution < -0.4 is 4.74 Å². The Kier molecular flexibility index (Phi) is 6.08. The number of ether oxygens (including phenoxy) is 2. The van der Waals surface area contributed by atoms with E-state index in [2.05, 4.69) is 10.1 Å². The van der Waals surface area contributed by atoms with E-state index in [1.54, 1.807) is 14.0 Å². The van der Waals surface area contributed by atoms with Gasteiger partial charge in [-0.3, -0.25) is 4.79 Å². The Bertz CT molecular complexity index is 1110. The summed E-state index contributed by atoms with van der Waals surface area (Å²) in [5.41, 5.74) is 2.68. The summed E-state index contributed by atoms with van der Waals surface area (Å²) in [6, 6.07) is 17.0. The first kappa shape index (κ1) is 20.7. The number of thiazole rings is 1. The molecule has 8 heteroatoms. The van der Waals surface area contributed by atoms with Gasteiger partial charge in [-0.25, -0.2) is 14.8 Å². The number of aromatic nitrogens is 1. The van der Waals surface area contributed by atoms with Crippen LogP contribution in [0, 0.1) is 6.92 Å². The first-order valence-electron chi connectivity index (χ1n) is 9.73. The van der Waals surface area contributed by atoms with Gasteiger partial charge in [0.1, 0.15) is 10.6 Å². The average molecular weight is 436 g/mol. The van der Waals surface area contributed by atoms with Crippen molar-refractivity contribution >= 4 is 28.9 Å². The third kappa shape index (κ3) is 4.64. The van der Waals surface area contributed by atoms with Crippen molar-refractivity contribution in [1.82, 2.24) is 9.99 Å². The summed E-state index contributed by atoms with van der Waals surface area (Å²) in [4.78, 5) is 29.6. The summed E-state index contributed by atoms with van der Waals surface area (Å²) in [7, 11) is 1.61. The van der Waals surface area contributed by atoms with Gasteiger partial charge in [0.15, 0.2) is 6.61 Å². The van der Waals surface area contributed by atoms with E-state index in [1.165, 1.54) is 22.5 Å². The molecule has 1 aliphatic heterocycles. The molecule has 31 heavy (non-hydrogen) atoms. The van der Waals surface area contributed by atoms with E-state index in [-0.39, 0.29) is 11.9 Å². The Morgan fingerprint density at radius 1 is 1.13 bits per heavy atom. The van der Waals surface area contributed by atoms with Crippen LogP contribution in [0.15, 0.2) is 65.9 Å². The molecular weight excluding hydrogens is 414 g/mol. The van der Waals surface area contributed by atoms with Crippen molar-refractivity contribution in [2.45, 2.75) is 19.4 Å². The number of carbonyl (C=O) groups is 2. The lowest BCUT2D eigenvalue weighted by atomic mass is 9.98. The van der Waals surface area contributed by atoms with Crippen molar-refractivity contribution in [3.63, 3.8) is 0 Å². The lowest BCUT2D eigenvalue weighted by Crippen LogP contribution is -2.31. The van der Waals surface area contributed by atoms with E-state index in [1.807, 2.05) is 54.6 Å². The number of hydrazone groups is 1. The maximum atomic E-state index is 13.0. The van der Waals surface area contributed by atoms with Gasteiger partial charge in [-0.2, -0.15) is 5.10 Å². The Morgan fingerprint density at radius 2 is 1.87 bits per heavy atom. The third-order valence-corrected chi connectivity index (χ3v) is 5.82. The van der Waals surface area contributed by atoms with Crippen LogP contribution in [-0.2, 0) is 9.53 Å². The van der Waals surface area contributed by atoms with Crippen LogP contribution in [0.5, 0.6) is 5.75 Å². The summed E-state index contributed by atoms with van der Waals surface area (Å²) in [5, 5.41) is 6.75. The minimum atomic E-state index is -0.564. The predicted octanol–water partition coefficient (Wildman–Crippen LogP) is 3.99. The number of nitrogens with zero attached hydrogens (tertiary/aromatic N) is 3. The van der Waals surface area contributed by atoms with Gasteiger partial charge >= 0.3 is 5.97 Å². The monoisotopic (exact) mass is 435 g/mol. The normalized spacial score (nSPS) is 15.5. The SMILES string of the molecule is COc1ccc(C2CC(c3ccccc3)=NN2C(=O)COC(=O)c2cnc(C)s2)cc1. The van der Waals surface area contributed by atoms with E-state index in [0.717, 1.165) is 27.6 Å². The number of amides is 1. The number of aryl methyl sites for hydroxylation is 1. The molecule has 1 atom stereocenters. The summed E-state index contributed by atoms with van der Waals surface area (Å²) >= 11 is 1.23. The minimum Gasteiger partial charge on any atom is -0.497 e. The van der Waals surface area contributed by atoms with Gasteiger partial charge in [-0.05, 0) is 30.2 Å². The molecule has 0 bridgehead atoms. The second kappa shape index (κ2) is 9.09. The molecule has 4 rings (SSSR count). The fourth-order valence-electron chi connectivity index (χ4n) is 3.35. The standard InChI is InChI=1S/C23H21N3O4S/c1-15-24-13-21(31-15)23(28)30-14-22(27)26-20(17-8-10-18(29-2)11-9-17)12-19(25-26)16-6-4-3-5-7-16/h3-11,13,20H,12,14H2,1-2H3. The Labute approximate surface area is 183 Å². The molecule has 3 aromatic rings. The highest BCUT2D eigenvalue weighted by molar-refractivity contribution is 7.13. The quantitative estimate of drug-likeness (QED) is 0.547. The smallest absolute Gasteiger partial charge is 0.350 e. The van der Waals surface area contributed by atoms with Crippen LogP contribution in [0.1, 0.15) is 38.3 Å². The van der Waals surface area contributed by atoms with E-state index in [4.69, 9.17) is 9.47 Å². The highest BCUT2D eigenvalue weighted by Crippen LogP contribution is 2.33. The van der Waals surface area contributed by atoms with Crippen LogP contribution in [0.3, 0.4) is 0 Å². The van der Waals surface area contributed by atoms with Crippen molar-refractivity contribution in [2.24, 2.45) is 5.10 Å². The second-order valence-corrected chi connectivity index (χ2v) is 8.20. The van der Waals surface area contributed by atoms with Crippen LogP contribution in [0.25, 0.3) is 0 Å². The number of rotatable bonds is 6. The van der Waals surface area contributed by atoms with Crippen LogP contribution >= 0.6 is 11.3 Å². The van der Waals surface area contributed by atoms with Crippen molar-refractivity contribution in [3.8, 4) is 5.75 Å². The molecule has 0 saturated carbocycles. The fraction of sp³-hybridized carbons (Fsp3) is 0.217. The highest BCUT2D eigenvalue weighted by Gasteiger charge is 2.33. The minimum absolute atomic E-state index is 0.294. The Hall–Kier alpha value is -3.52. The van der Waals surface area contributed by atoms with Gasteiger partial charge in [0, 0.05) is 6.42 Å². The molecule has 0 N–H and O–H groups in total. The van der Waals surface area contributed by atoms with Crippen molar-refractivity contribution in [1.29, 1.82) is 0 Å². The van der Waals surface area contributed by atoms with Gasteiger partial charge in [0.25, 0.3) is 5.91 Å². The highest BCUT2D eigenvalue weighted by atomic mass is 32.1. The first-order valence-corrected chi connectivity index (χ1v) is 10.6. The molecule has 0 spiro atoms. The largest absolute Gasteiger partial charge is 0.497 e. The molecule has 0 fully saturated rings. The Morgan fingerprint density at radius 3 is 2.52 bits per heavy atom. The summed E-state index contributed by atoms with van der Waals surface area (Å²) in [5.74, 6) is -0.217. The van der Waals surface area contributed by atoms with Crippen molar-refractivity contribution in [3.05, 3.63) is 81.8 Å². The van der Waals surface area contributed by atoms with Gasteiger partial charge in [0.05, 0.1) is 30.1 Å². The molecule has 0 aliphatic carbocycles. The van der Waals surface area contributed by atoms with E-state index in [0.29, 0.717) is 11.3 Å². The predicted molar refractivity (Wildman–Crippen MR) is 117 cm³/mol. The molecule has 1 aromatic heterocycles. The van der Waals surface area contributed by atoms with E-state index < -0.39 is 12.6 Å². The first-order chi connectivity index (χ1) is 15.0. The fourth-order valence-corrected chi connectivity index (χ4v) is 4.02. The van der Waals surface area contributed by atoms with Gasteiger partial charge in [-0.15, -0.1) is 11.3 Å². The van der Waals surface area contributed by atoms with Crippen LogP contribution in [0.2, 0.25) is 0 Å². The molecule has 1 unspecified atom stereocenters. The van der Waals surface area contributed by atoms with Crippen molar-refractivity contribution in [2.75, 3.05) is 13.7 Å². The number of hydrogen-bond donors (Lipinski definition) is 0. The van der Waals surface area contributed by atoms with Gasteiger partial charge in [-0.1, -0.05) is 42.5 Å². The number of esters is 1. The summed E-state index contributed by atoms with van der Waals surface area (Å²) < 4.78 is 10.5. The van der Waals surface area contributed by atoms with Gasteiger partial charge < -0.3 is 9.47 Å². The van der Waals surface area contributed by atoms with Gasteiger partial charge in [0.2, 0.25) is 0 Å². The molecule has 0 radical (unpaired) electrons. The topological polar surface area (TPSA) is 81.1 Å². The molecule has 7 nitrogen and oxygen atoms in total. The second-order valence-electron chi connectivity index (χ2n) is 6.96. The maximum Gasteiger partial charge on any atom is 0.350 e. The molecule has 2 aromatic carbocycles. The molecule has 1 amide bonds. The number of methoxy groups -OCH3 is 1. The van der Waals surface area contributed by atoms with E-state index in [9.17, 15) is 9.59 Å². The molecule has 158 valence electrons. The molecule has 1 aliphatic rings. The lowest BCUT2D eigenvalue weighted by molar-refractivity contribution is -0.136. The maximum absolute atomic E-state index is 13.0.